The molecule has 2 heteroatoms. The fraction of sp³-hybridized carbons (Fsp3) is 0.889. The van der Waals surface area contributed by atoms with Gasteiger partial charge in [0.05, 0.1) is 12.0 Å². The molecule has 2 nitrogen and oxygen atoms in total. The zero-order valence-electron chi connectivity index (χ0n) is 6.71. The molecule has 2 aliphatic rings. The van der Waals surface area contributed by atoms with Crippen LogP contribution in [-0.2, 0) is 0 Å². The van der Waals surface area contributed by atoms with Crippen LogP contribution in [-0.4, -0.2) is 12.6 Å². The average molecular weight is 150 g/mol. The van der Waals surface area contributed by atoms with E-state index in [1.54, 1.807) is 0 Å². The van der Waals surface area contributed by atoms with Crippen molar-refractivity contribution >= 4 is 0 Å². The van der Waals surface area contributed by atoms with E-state index in [1.165, 1.54) is 19.3 Å². The third-order valence-corrected chi connectivity index (χ3v) is 3.06. The summed E-state index contributed by atoms with van der Waals surface area (Å²) in [6, 6.07) is 3.10. The molecule has 1 heterocycles. The van der Waals surface area contributed by atoms with E-state index in [0.717, 1.165) is 24.9 Å². The molecule has 1 aliphatic heterocycles. The molecule has 0 aromatic heterocycles. The van der Waals surface area contributed by atoms with Crippen molar-refractivity contribution in [3.05, 3.63) is 0 Å². The summed E-state index contributed by atoms with van der Waals surface area (Å²) in [7, 11) is 0. The summed E-state index contributed by atoms with van der Waals surface area (Å²) in [5.74, 6) is 1.10. The van der Waals surface area contributed by atoms with E-state index in [2.05, 4.69) is 11.4 Å². The number of piperidine rings is 1. The van der Waals surface area contributed by atoms with E-state index in [-0.39, 0.29) is 5.92 Å². The number of hydrogen-bond donors (Lipinski definition) is 1. The third-order valence-electron chi connectivity index (χ3n) is 3.06. The fourth-order valence-corrected chi connectivity index (χ4v) is 2.43. The van der Waals surface area contributed by atoms with Crippen LogP contribution < -0.4 is 5.32 Å². The number of nitrogens with zero attached hydrogens (tertiary/aromatic N) is 1. The van der Waals surface area contributed by atoms with Gasteiger partial charge in [0.25, 0.3) is 0 Å². The third kappa shape index (κ3) is 1.25. The van der Waals surface area contributed by atoms with Gasteiger partial charge in [-0.15, -0.1) is 0 Å². The zero-order chi connectivity index (χ0) is 7.68. The monoisotopic (exact) mass is 150 g/mol. The Hall–Kier alpha value is -0.550. The van der Waals surface area contributed by atoms with Gasteiger partial charge in [-0.3, -0.25) is 0 Å². The summed E-state index contributed by atoms with van der Waals surface area (Å²) < 4.78 is 0. The fourth-order valence-electron chi connectivity index (χ4n) is 2.43. The Labute approximate surface area is 67.6 Å². The van der Waals surface area contributed by atoms with Crippen LogP contribution in [0.4, 0.5) is 0 Å². The molecule has 11 heavy (non-hydrogen) atoms. The summed E-state index contributed by atoms with van der Waals surface area (Å²) >= 11 is 0. The molecule has 3 unspecified atom stereocenters. The largest absolute Gasteiger partial charge is 0.312 e. The lowest BCUT2D eigenvalue weighted by Crippen LogP contribution is -2.42. The smallest absolute Gasteiger partial charge is 0.0669 e. The normalized spacial score (nSPS) is 43.0. The summed E-state index contributed by atoms with van der Waals surface area (Å²) in [5.41, 5.74) is 0. The van der Waals surface area contributed by atoms with E-state index in [9.17, 15) is 0 Å². The molecule has 0 aromatic carbocycles. The SMILES string of the molecule is N#CC1CNC2CCCC2C1. The highest BCUT2D eigenvalue weighted by atomic mass is 14.9. The molecule has 0 aromatic rings. The van der Waals surface area contributed by atoms with Gasteiger partial charge >= 0.3 is 0 Å². The van der Waals surface area contributed by atoms with E-state index in [0.29, 0.717) is 0 Å². The molecule has 60 valence electrons. The Kier molecular flexibility index (Phi) is 1.83. The first-order chi connectivity index (χ1) is 5.40. The van der Waals surface area contributed by atoms with Gasteiger partial charge in [0.1, 0.15) is 0 Å². The average Bonchev–Trinajstić information content (AvgIpc) is 2.50. The molecule has 0 amide bonds. The minimum absolute atomic E-state index is 0.286. The van der Waals surface area contributed by atoms with Gasteiger partial charge in [0.15, 0.2) is 0 Å². The van der Waals surface area contributed by atoms with Crippen molar-refractivity contribution in [1.29, 1.82) is 5.26 Å². The lowest BCUT2D eigenvalue weighted by atomic mass is 9.87. The Morgan fingerprint density at radius 1 is 1.36 bits per heavy atom. The maximum atomic E-state index is 8.72. The molecule has 2 fully saturated rings. The van der Waals surface area contributed by atoms with Gasteiger partial charge < -0.3 is 5.32 Å². The second-order valence-electron chi connectivity index (χ2n) is 3.77. The van der Waals surface area contributed by atoms with Crippen LogP contribution >= 0.6 is 0 Å². The van der Waals surface area contributed by atoms with Crippen molar-refractivity contribution in [3.8, 4) is 6.07 Å². The van der Waals surface area contributed by atoms with Crippen LogP contribution in [0.2, 0.25) is 0 Å². The summed E-state index contributed by atoms with van der Waals surface area (Å²) in [6.45, 7) is 0.928. The van der Waals surface area contributed by atoms with Crippen molar-refractivity contribution in [1.82, 2.24) is 5.32 Å². The van der Waals surface area contributed by atoms with Crippen molar-refractivity contribution in [2.75, 3.05) is 6.54 Å². The Bertz CT molecular complexity index is 182. The Morgan fingerprint density at radius 2 is 2.27 bits per heavy atom. The molecule has 0 bridgehead atoms. The predicted molar refractivity (Wildman–Crippen MR) is 42.9 cm³/mol. The molecular formula is C9H14N2. The lowest BCUT2D eigenvalue weighted by molar-refractivity contribution is 0.279. The van der Waals surface area contributed by atoms with Crippen molar-refractivity contribution < 1.29 is 0 Å². The quantitative estimate of drug-likeness (QED) is 0.564. The Balaban J connectivity index is 1.97. The van der Waals surface area contributed by atoms with Crippen LogP contribution in [0.1, 0.15) is 25.7 Å². The highest BCUT2D eigenvalue weighted by Crippen LogP contribution is 2.33. The predicted octanol–water partition coefficient (Wildman–Crippen LogP) is 1.29. The van der Waals surface area contributed by atoms with Crippen LogP contribution in [0, 0.1) is 23.2 Å². The van der Waals surface area contributed by atoms with Gasteiger partial charge in [-0.05, 0) is 25.2 Å². The van der Waals surface area contributed by atoms with Crippen molar-refractivity contribution in [2.24, 2.45) is 11.8 Å². The minimum Gasteiger partial charge on any atom is -0.312 e. The number of fused-ring (bicyclic) bond motifs is 1. The van der Waals surface area contributed by atoms with Crippen LogP contribution in [0.5, 0.6) is 0 Å². The molecule has 2 rings (SSSR count). The second kappa shape index (κ2) is 2.83. The van der Waals surface area contributed by atoms with Crippen molar-refractivity contribution in [3.63, 3.8) is 0 Å². The molecule has 1 aliphatic carbocycles. The molecule has 0 radical (unpaired) electrons. The summed E-state index contributed by atoms with van der Waals surface area (Å²) in [6.07, 6.45) is 5.19. The standard InChI is InChI=1S/C9H14N2/c10-5-7-4-8-2-1-3-9(8)11-6-7/h7-9,11H,1-4,6H2. The van der Waals surface area contributed by atoms with Gasteiger partial charge in [0, 0.05) is 12.6 Å². The Morgan fingerprint density at radius 3 is 3.09 bits per heavy atom. The summed E-state index contributed by atoms with van der Waals surface area (Å²) in [5, 5.41) is 12.2. The zero-order valence-corrected chi connectivity index (χ0v) is 6.71. The maximum Gasteiger partial charge on any atom is 0.0669 e. The van der Waals surface area contributed by atoms with Gasteiger partial charge in [-0.1, -0.05) is 6.42 Å². The highest BCUT2D eigenvalue weighted by Gasteiger charge is 2.33. The van der Waals surface area contributed by atoms with Crippen molar-refractivity contribution in [2.45, 2.75) is 31.7 Å². The molecule has 0 spiro atoms. The topological polar surface area (TPSA) is 35.8 Å². The van der Waals surface area contributed by atoms with Gasteiger partial charge in [-0.2, -0.15) is 5.26 Å². The van der Waals surface area contributed by atoms with E-state index >= 15 is 0 Å². The summed E-state index contributed by atoms with van der Waals surface area (Å²) in [4.78, 5) is 0. The molecule has 3 atom stereocenters. The molecular weight excluding hydrogens is 136 g/mol. The van der Waals surface area contributed by atoms with E-state index in [1.807, 2.05) is 0 Å². The first kappa shape index (κ1) is 7.12. The van der Waals surface area contributed by atoms with Crippen LogP contribution in [0.25, 0.3) is 0 Å². The first-order valence-corrected chi connectivity index (χ1v) is 4.53. The maximum absolute atomic E-state index is 8.72. The minimum atomic E-state index is 0.286. The number of rotatable bonds is 0. The molecule has 1 N–H and O–H groups in total. The molecule has 1 saturated carbocycles. The molecule has 1 saturated heterocycles. The van der Waals surface area contributed by atoms with E-state index < -0.39 is 0 Å². The van der Waals surface area contributed by atoms with Gasteiger partial charge in [0.2, 0.25) is 0 Å². The number of nitrogens with one attached hydrogen (secondary N) is 1. The first-order valence-electron chi connectivity index (χ1n) is 4.53. The van der Waals surface area contributed by atoms with E-state index in [4.69, 9.17) is 5.26 Å². The van der Waals surface area contributed by atoms with Crippen LogP contribution in [0.3, 0.4) is 0 Å². The lowest BCUT2D eigenvalue weighted by Gasteiger charge is -2.29. The van der Waals surface area contributed by atoms with Crippen LogP contribution in [0.15, 0.2) is 0 Å². The highest BCUT2D eigenvalue weighted by molar-refractivity contribution is 4.96. The van der Waals surface area contributed by atoms with Gasteiger partial charge in [-0.25, -0.2) is 0 Å². The number of nitriles is 1. The second-order valence-corrected chi connectivity index (χ2v) is 3.77. The number of hydrogen-bond acceptors (Lipinski definition) is 2.